The van der Waals surface area contributed by atoms with Gasteiger partial charge in [-0.25, -0.2) is 4.79 Å². The van der Waals surface area contributed by atoms with Gasteiger partial charge in [-0.1, -0.05) is 67.6 Å². The number of hydrogen-bond donors (Lipinski definition) is 0. The maximum atomic E-state index is 12.2. The molecule has 0 radical (unpaired) electrons. The summed E-state index contributed by atoms with van der Waals surface area (Å²) < 4.78 is 11.7. The smallest absolute Gasteiger partial charge is 0.332 e. The number of ether oxygens (including phenoxy) is 2. The van der Waals surface area contributed by atoms with E-state index < -0.39 is 0 Å². The molecule has 0 saturated carbocycles. The van der Waals surface area contributed by atoms with Crippen molar-refractivity contribution in [1.29, 1.82) is 0 Å². The fourth-order valence-electron chi connectivity index (χ4n) is 3.57. The molecule has 27 heavy (non-hydrogen) atoms. The molecule has 1 aliphatic heterocycles. The minimum atomic E-state index is -0.293. The van der Waals surface area contributed by atoms with E-state index in [0.717, 1.165) is 40.0 Å². The summed E-state index contributed by atoms with van der Waals surface area (Å²) in [5.41, 5.74) is 5.34. The van der Waals surface area contributed by atoms with Gasteiger partial charge in [-0.3, -0.25) is 0 Å². The third-order valence-corrected chi connectivity index (χ3v) is 4.96. The van der Waals surface area contributed by atoms with Gasteiger partial charge >= 0.3 is 5.97 Å². The van der Waals surface area contributed by atoms with Crippen LogP contribution in [-0.4, -0.2) is 12.1 Å². The number of carbonyl (C=O) groups is 1. The SMILES string of the molecule is CCC1=C(OCc2ccccc2)CC2OC(=O)C=C(c3ccccc3)C2=C1. The molecule has 0 spiro atoms. The zero-order valence-electron chi connectivity index (χ0n) is 15.4. The van der Waals surface area contributed by atoms with Crippen molar-refractivity contribution in [2.24, 2.45) is 0 Å². The summed E-state index contributed by atoms with van der Waals surface area (Å²) in [6, 6.07) is 20.1. The van der Waals surface area contributed by atoms with Gasteiger partial charge in [0.1, 0.15) is 18.5 Å². The van der Waals surface area contributed by atoms with E-state index in [2.05, 4.69) is 13.0 Å². The molecule has 1 unspecified atom stereocenters. The molecule has 0 N–H and O–H groups in total. The highest BCUT2D eigenvalue weighted by Gasteiger charge is 2.32. The molecule has 3 nitrogen and oxygen atoms in total. The number of benzene rings is 2. The standard InChI is InChI=1S/C24H22O3/c1-2-18-13-21-20(19-11-7-4-8-12-19)14-24(25)27-23(21)15-22(18)26-16-17-9-5-3-6-10-17/h3-14,23H,2,15-16H2,1H3. The lowest BCUT2D eigenvalue weighted by molar-refractivity contribution is -0.142. The molecule has 1 aliphatic carbocycles. The van der Waals surface area contributed by atoms with E-state index in [-0.39, 0.29) is 12.1 Å². The first-order chi connectivity index (χ1) is 13.2. The average Bonchev–Trinajstić information content (AvgIpc) is 2.72. The van der Waals surface area contributed by atoms with E-state index in [1.165, 1.54) is 0 Å². The van der Waals surface area contributed by atoms with Crippen LogP contribution in [0.4, 0.5) is 0 Å². The molecular formula is C24H22O3. The zero-order chi connectivity index (χ0) is 18.6. The van der Waals surface area contributed by atoms with Gasteiger partial charge in [0, 0.05) is 18.1 Å². The van der Waals surface area contributed by atoms with Crippen molar-refractivity contribution >= 4 is 11.5 Å². The minimum Gasteiger partial charge on any atom is -0.493 e. The monoisotopic (exact) mass is 358 g/mol. The van der Waals surface area contributed by atoms with Crippen LogP contribution >= 0.6 is 0 Å². The maximum Gasteiger partial charge on any atom is 0.332 e. The predicted molar refractivity (Wildman–Crippen MR) is 106 cm³/mol. The molecule has 0 saturated heterocycles. The van der Waals surface area contributed by atoms with Crippen LogP contribution in [0.1, 0.15) is 30.9 Å². The van der Waals surface area contributed by atoms with Gasteiger partial charge in [0.05, 0.1) is 0 Å². The maximum absolute atomic E-state index is 12.2. The summed E-state index contributed by atoms with van der Waals surface area (Å²) in [6.07, 6.45) is 4.90. The Morgan fingerprint density at radius 1 is 1.00 bits per heavy atom. The Labute approximate surface area is 159 Å². The molecule has 2 aromatic carbocycles. The molecule has 3 heteroatoms. The van der Waals surface area contributed by atoms with Crippen LogP contribution in [0.5, 0.6) is 0 Å². The molecular weight excluding hydrogens is 336 g/mol. The summed E-state index contributed by atoms with van der Waals surface area (Å²) in [5, 5.41) is 0. The van der Waals surface area contributed by atoms with Gasteiger partial charge in [-0.05, 0) is 34.8 Å². The first kappa shape index (κ1) is 17.3. The molecule has 0 fully saturated rings. The van der Waals surface area contributed by atoms with Crippen LogP contribution in [0.3, 0.4) is 0 Å². The third kappa shape index (κ3) is 3.72. The Bertz CT molecular complexity index is 921. The fourth-order valence-corrected chi connectivity index (χ4v) is 3.57. The normalized spacial score (nSPS) is 19.0. The van der Waals surface area contributed by atoms with Gasteiger partial charge in [0.15, 0.2) is 0 Å². The van der Waals surface area contributed by atoms with Crippen LogP contribution in [0.2, 0.25) is 0 Å². The molecule has 0 bridgehead atoms. The van der Waals surface area contributed by atoms with Crippen molar-refractivity contribution in [2.45, 2.75) is 32.5 Å². The largest absolute Gasteiger partial charge is 0.493 e. The lowest BCUT2D eigenvalue weighted by Crippen LogP contribution is -2.28. The Kier molecular flexibility index (Phi) is 4.93. The Morgan fingerprint density at radius 2 is 1.70 bits per heavy atom. The van der Waals surface area contributed by atoms with E-state index in [9.17, 15) is 4.79 Å². The average molecular weight is 358 g/mol. The number of rotatable bonds is 5. The van der Waals surface area contributed by atoms with Crippen molar-refractivity contribution in [1.82, 2.24) is 0 Å². The van der Waals surface area contributed by atoms with E-state index in [0.29, 0.717) is 13.0 Å². The minimum absolute atomic E-state index is 0.293. The van der Waals surface area contributed by atoms with Crippen molar-refractivity contribution in [3.05, 3.63) is 101 Å². The van der Waals surface area contributed by atoms with Crippen LogP contribution in [0.25, 0.3) is 5.57 Å². The molecule has 1 atom stereocenters. The number of hydrogen-bond acceptors (Lipinski definition) is 3. The summed E-state index contributed by atoms with van der Waals surface area (Å²) >= 11 is 0. The van der Waals surface area contributed by atoms with Gasteiger partial charge in [-0.2, -0.15) is 0 Å². The van der Waals surface area contributed by atoms with Crippen molar-refractivity contribution in [2.75, 3.05) is 0 Å². The van der Waals surface area contributed by atoms with Gasteiger partial charge in [0.25, 0.3) is 0 Å². The van der Waals surface area contributed by atoms with Crippen LogP contribution < -0.4 is 0 Å². The summed E-state index contributed by atoms with van der Waals surface area (Å²) in [7, 11) is 0. The number of allylic oxidation sites excluding steroid dienone is 2. The highest BCUT2D eigenvalue weighted by atomic mass is 16.5. The highest BCUT2D eigenvalue weighted by Crippen LogP contribution is 2.39. The zero-order valence-corrected chi connectivity index (χ0v) is 15.4. The van der Waals surface area contributed by atoms with E-state index in [1.54, 1.807) is 6.08 Å². The second-order valence-electron chi connectivity index (χ2n) is 6.73. The molecule has 2 aromatic rings. The molecule has 2 aliphatic rings. The second-order valence-corrected chi connectivity index (χ2v) is 6.73. The number of carbonyl (C=O) groups excluding carboxylic acids is 1. The first-order valence-corrected chi connectivity index (χ1v) is 9.33. The van der Waals surface area contributed by atoms with E-state index in [4.69, 9.17) is 9.47 Å². The van der Waals surface area contributed by atoms with Crippen molar-refractivity contribution in [3.63, 3.8) is 0 Å². The fraction of sp³-hybridized carbons (Fsp3) is 0.208. The van der Waals surface area contributed by atoms with Crippen LogP contribution in [0, 0.1) is 0 Å². The van der Waals surface area contributed by atoms with Crippen LogP contribution in [-0.2, 0) is 20.9 Å². The number of fused-ring (bicyclic) bond motifs is 1. The quantitative estimate of drug-likeness (QED) is 0.689. The first-order valence-electron chi connectivity index (χ1n) is 9.33. The Hall–Kier alpha value is -3.07. The van der Waals surface area contributed by atoms with E-state index in [1.807, 2.05) is 60.7 Å². The summed E-state index contributed by atoms with van der Waals surface area (Å²) in [4.78, 5) is 12.2. The summed E-state index contributed by atoms with van der Waals surface area (Å²) in [6.45, 7) is 2.64. The lowest BCUT2D eigenvalue weighted by Gasteiger charge is -2.31. The number of esters is 1. The van der Waals surface area contributed by atoms with Gasteiger partial charge in [0.2, 0.25) is 0 Å². The van der Waals surface area contributed by atoms with Gasteiger partial charge in [-0.15, -0.1) is 0 Å². The Morgan fingerprint density at radius 3 is 2.41 bits per heavy atom. The molecule has 0 amide bonds. The second kappa shape index (κ2) is 7.67. The van der Waals surface area contributed by atoms with Crippen molar-refractivity contribution in [3.8, 4) is 0 Å². The third-order valence-electron chi connectivity index (χ3n) is 4.96. The van der Waals surface area contributed by atoms with Gasteiger partial charge < -0.3 is 9.47 Å². The molecule has 0 aromatic heterocycles. The molecule has 4 rings (SSSR count). The Balaban J connectivity index is 1.65. The summed E-state index contributed by atoms with van der Waals surface area (Å²) in [5.74, 6) is 0.621. The molecule has 1 heterocycles. The lowest BCUT2D eigenvalue weighted by atomic mass is 9.84. The molecule has 136 valence electrons. The highest BCUT2D eigenvalue weighted by molar-refractivity contribution is 5.99. The van der Waals surface area contributed by atoms with Crippen LogP contribution in [0.15, 0.2) is 89.7 Å². The topological polar surface area (TPSA) is 35.5 Å². The van der Waals surface area contributed by atoms with E-state index >= 15 is 0 Å². The predicted octanol–water partition coefficient (Wildman–Crippen LogP) is 5.21. The van der Waals surface area contributed by atoms with Crippen molar-refractivity contribution < 1.29 is 14.3 Å².